The Morgan fingerprint density at radius 2 is 1.94 bits per heavy atom. The van der Waals surface area contributed by atoms with Crippen molar-refractivity contribution in [2.75, 3.05) is 59.6 Å². The smallest absolute Gasteiger partial charge is 0.251 e. The number of likely N-dealkylation sites (tertiary alicyclic amines) is 1. The Morgan fingerprint density at radius 3 is 2.78 bits per heavy atom. The van der Waals surface area contributed by atoms with Crippen molar-refractivity contribution in [1.82, 2.24) is 15.1 Å². The molecule has 0 saturated carbocycles. The fraction of sp³-hybridized carbons (Fsp3) is 0.567. The van der Waals surface area contributed by atoms with Gasteiger partial charge in [0.1, 0.15) is 12.4 Å². The molecule has 2 aliphatic heterocycles. The van der Waals surface area contributed by atoms with Gasteiger partial charge in [-0.25, -0.2) is 0 Å². The molecule has 1 unspecified atom stereocenters. The van der Waals surface area contributed by atoms with E-state index in [1.807, 2.05) is 18.2 Å². The number of fused-ring (bicyclic) bond motifs is 3. The molecule has 1 saturated heterocycles. The van der Waals surface area contributed by atoms with E-state index in [1.54, 1.807) is 0 Å². The summed E-state index contributed by atoms with van der Waals surface area (Å²) in [4.78, 5) is 17.8. The monoisotopic (exact) mass is 493 g/mol. The van der Waals surface area contributed by atoms with Gasteiger partial charge in [0.15, 0.2) is 0 Å². The molecule has 0 aromatic heterocycles. The number of rotatable bonds is 5. The molecule has 2 aliphatic rings. The Labute approximate surface area is 217 Å². The fourth-order valence-electron chi connectivity index (χ4n) is 5.35. The SMILES string of the molecule is CC(C)CN1CCOCCOc2ccc(C(=O)NCC3CCCN(C)C3)cc2Cc2cccc(c2)C1. The van der Waals surface area contributed by atoms with Gasteiger partial charge >= 0.3 is 0 Å². The van der Waals surface area contributed by atoms with Crippen LogP contribution < -0.4 is 10.1 Å². The molecule has 0 spiro atoms. The van der Waals surface area contributed by atoms with Crippen LogP contribution in [0.15, 0.2) is 42.5 Å². The molecule has 2 aromatic rings. The van der Waals surface area contributed by atoms with Crippen molar-refractivity contribution in [1.29, 1.82) is 0 Å². The van der Waals surface area contributed by atoms with Crippen LogP contribution in [-0.2, 0) is 17.7 Å². The average molecular weight is 494 g/mol. The maximum absolute atomic E-state index is 13.0. The maximum atomic E-state index is 13.0. The van der Waals surface area contributed by atoms with Crippen molar-refractivity contribution in [3.8, 4) is 5.75 Å². The Bertz CT molecular complexity index is 993. The molecule has 1 atom stereocenters. The lowest BCUT2D eigenvalue weighted by Crippen LogP contribution is -2.39. The Hall–Kier alpha value is -2.41. The number of benzene rings is 2. The zero-order valence-electron chi connectivity index (χ0n) is 22.3. The summed E-state index contributed by atoms with van der Waals surface area (Å²) in [5.41, 5.74) is 4.27. The van der Waals surface area contributed by atoms with E-state index < -0.39 is 0 Å². The normalized spacial score (nSPS) is 20.3. The lowest BCUT2D eigenvalue weighted by atomic mass is 9.98. The second kappa shape index (κ2) is 13.2. The molecule has 0 aliphatic carbocycles. The molecule has 1 amide bonds. The topological polar surface area (TPSA) is 54.0 Å². The third-order valence-electron chi connectivity index (χ3n) is 7.05. The van der Waals surface area contributed by atoms with Crippen LogP contribution >= 0.6 is 0 Å². The van der Waals surface area contributed by atoms with Crippen LogP contribution in [0.5, 0.6) is 5.75 Å². The van der Waals surface area contributed by atoms with Gasteiger partial charge in [0.05, 0.1) is 13.2 Å². The number of hydrogen-bond acceptors (Lipinski definition) is 5. The second-order valence-corrected chi connectivity index (χ2v) is 10.9. The van der Waals surface area contributed by atoms with Crippen LogP contribution in [0, 0.1) is 11.8 Å². The minimum atomic E-state index is -0.00755. The van der Waals surface area contributed by atoms with E-state index in [2.05, 4.69) is 60.3 Å². The first-order valence-electron chi connectivity index (χ1n) is 13.6. The largest absolute Gasteiger partial charge is 0.491 e. The molecule has 4 rings (SSSR count). The molecule has 2 heterocycles. The molecule has 2 aromatic carbocycles. The van der Waals surface area contributed by atoms with Gasteiger partial charge in [-0.15, -0.1) is 0 Å². The summed E-state index contributed by atoms with van der Waals surface area (Å²) in [6.45, 7) is 12.1. The predicted octanol–water partition coefficient (Wildman–Crippen LogP) is 4.22. The number of nitrogens with one attached hydrogen (secondary N) is 1. The van der Waals surface area contributed by atoms with Gasteiger partial charge < -0.3 is 19.7 Å². The van der Waals surface area contributed by atoms with E-state index in [-0.39, 0.29) is 5.91 Å². The summed E-state index contributed by atoms with van der Waals surface area (Å²) in [5, 5.41) is 3.17. The van der Waals surface area contributed by atoms with Crippen molar-refractivity contribution in [3.63, 3.8) is 0 Å². The number of hydrogen-bond donors (Lipinski definition) is 1. The highest BCUT2D eigenvalue weighted by atomic mass is 16.5. The fourth-order valence-corrected chi connectivity index (χ4v) is 5.35. The van der Waals surface area contributed by atoms with Gasteiger partial charge in [-0.2, -0.15) is 0 Å². The van der Waals surface area contributed by atoms with E-state index in [0.717, 1.165) is 57.0 Å². The van der Waals surface area contributed by atoms with Crippen molar-refractivity contribution in [2.24, 2.45) is 11.8 Å². The van der Waals surface area contributed by atoms with E-state index in [0.29, 0.717) is 37.2 Å². The van der Waals surface area contributed by atoms with E-state index in [1.165, 1.54) is 24.0 Å². The number of carbonyl (C=O) groups is 1. The van der Waals surface area contributed by atoms with Crippen LogP contribution in [0.2, 0.25) is 0 Å². The van der Waals surface area contributed by atoms with Crippen LogP contribution in [0.3, 0.4) is 0 Å². The first-order valence-corrected chi connectivity index (χ1v) is 13.6. The maximum Gasteiger partial charge on any atom is 0.251 e. The van der Waals surface area contributed by atoms with Gasteiger partial charge in [0.25, 0.3) is 5.91 Å². The van der Waals surface area contributed by atoms with Gasteiger partial charge in [-0.05, 0) is 73.2 Å². The van der Waals surface area contributed by atoms with Gasteiger partial charge in [-0.3, -0.25) is 9.69 Å². The van der Waals surface area contributed by atoms with E-state index in [9.17, 15) is 4.79 Å². The van der Waals surface area contributed by atoms with E-state index in [4.69, 9.17) is 9.47 Å². The molecule has 0 radical (unpaired) electrons. The molecule has 6 nitrogen and oxygen atoms in total. The molecule has 1 fully saturated rings. The van der Waals surface area contributed by atoms with Gasteiger partial charge in [-0.1, -0.05) is 38.1 Å². The summed E-state index contributed by atoms with van der Waals surface area (Å²) in [6.07, 6.45) is 3.10. The molecular weight excluding hydrogens is 450 g/mol. The van der Waals surface area contributed by atoms with Crippen LogP contribution in [0.1, 0.15) is 53.7 Å². The van der Waals surface area contributed by atoms with Crippen LogP contribution in [0.4, 0.5) is 0 Å². The molecule has 1 N–H and O–H groups in total. The first kappa shape index (κ1) is 26.6. The van der Waals surface area contributed by atoms with Crippen LogP contribution in [0.25, 0.3) is 0 Å². The molecule has 2 bridgehead atoms. The summed E-state index contributed by atoms with van der Waals surface area (Å²) in [5.74, 6) is 1.94. The summed E-state index contributed by atoms with van der Waals surface area (Å²) in [6, 6.07) is 14.6. The third kappa shape index (κ3) is 8.05. The van der Waals surface area contributed by atoms with Crippen molar-refractivity contribution >= 4 is 5.91 Å². The summed E-state index contributed by atoms with van der Waals surface area (Å²) < 4.78 is 12.0. The zero-order valence-corrected chi connectivity index (χ0v) is 22.3. The lowest BCUT2D eigenvalue weighted by molar-refractivity contribution is 0.0746. The zero-order chi connectivity index (χ0) is 25.3. The Kier molecular flexibility index (Phi) is 9.79. The minimum Gasteiger partial charge on any atom is -0.491 e. The molecule has 6 heteroatoms. The van der Waals surface area contributed by atoms with Crippen molar-refractivity contribution in [2.45, 2.75) is 39.7 Å². The lowest BCUT2D eigenvalue weighted by Gasteiger charge is -2.29. The Balaban J connectivity index is 1.50. The number of amides is 1. The van der Waals surface area contributed by atoms with E-state index >= 15 is 0 Å². The van der Waals surface area contributed by atoms with Gasteiger partial charge in [0.2, 0.25) is 0 Å². The number of ether oxygens (including phenoxy) is 2. The molecule has 196 valence electrons. The third-order valence-corrected chi connectivity index (χ3v) is 7.05. The molecule has 36 heavy (non-hydrogen) atoms. The number of nitrogens with zero attached hydrogens (tertiary/aromatic N) is 2. The Morgan fingerprint density at radius 1 is 1.08 bits per heavy atom. The predicted molar refractivity (Wildman–Crippen MR) is 145 cm³/mol. The highest BCUT2D eigenvalue weighted by Gasteiger charge is 2.19. The quantitative estimate of drug-likeness (QED) is 0.676. The van der Waals surface area contributed by atoms with Crippen molar-refractivity contribution in [3.05, 3.63) is 64.7 Å². The standard InChI is InChI=1S/C30H43N3O3/c1-23(2)20-33-12-13-35-14-15-36-29-10-9-27(30(34)31-19-26-8-5-11-32(3)21-26)18-28(29)17-24-6-4-7-25(16-24)22-33/h4,6-7,9-10,16,18,23,26H,5,8,11-15,17,19-22H2,1-3H3,(H,31,34). The number of carbonyl (C=O) groups excluding carboxylic acids is 1. The summed E-state index contributed by atoms with van der Waals surface area (Å²) in [7, 11) is 2.16. The minimum absolute atomic E-state index is 0.00755. The highest BCUT2D eigenvalue weighted by molar-refractivity contribution is 5.94. The summed E-state index contributed by atoms with van der Waals surface area (Å²) >= 11 is 0. The van der Waals surface area contributed by atoms with Gasteiger partial charge in [0, 0.05) is 44.7 Å². The first-order chi connectivity index (χ1) is 17.5. The van der Waals surface area contributed by atoms with Crippen LogP contribution in [-0.4, -0.2) is 75.3 Å². The second-order valence-electron chi connectivity index (χ2n) is 10.9. The molecular formula is C30H43N3O3. The number of piperidine rings is 1. The highest BCUT2D eigenvalue weighted by Crippen LogP contribution is 2.25. The average Bonchev–Trinajstić information content (AvgIpc) is 2.84. The van der Waals surface area contributed by atoms with Crippen molar-refractivity contribution < 1.29 is 14.3 Å².